The minimum Gasteiger partial charge on any atom is -0.466 e. The highest BCUT2D eigenvalue weighted by Gasteiger charge is 2.25. The molecule has 1 aromatic rings. The average molecular weight is 165 g/mol. The molecule has 1 aliphatic rings. The van der Waals surface area contributed by atoms with Crippen LogP contribution in [0.5, 0.6) is 0 Å². The van der Waals surface area contributed by atoms with E-state index in [1.54, 1.807) is 0 Å². The zero-order valence-corrected chi connectivity index (χ0v) is 7.47. The van der Waals surface area contributed by atoms with Crippen molar-refractivity contribution in [3.63, 3.8) is 0 Å². The standard InChI is InChI=1S/C10H15NO/c1-7-6-9-8(4-5-11)2-3-10(9)12-7/h6,8H,2-5,11H2,1H3. The fraction of sp³-hybridized carbons (Fsp3) is 0.600. The monoisotopic (exact) mass is 165 g/mol. The van der Waals surface area contributed by atoms with E-state index in [0.29, 0.717) is 5.92 Å². The maximum atomic E-state index is 5.56. The van der Waals surface area contributed by atoms with Gasteiger partial charge >= 0.3 is 0 Å². The van der Waals surface area contributed by atoms with E-state index in [1.807, 2.05) is 6.92 Å². The lowest BCUT2D eigenvalue weighted by Gasteiger charge is -2.05. The molecule has 1 heterocycles. The molecular formula is C10H15NO. The van der Waals surface area contributed by atoms with E-state index in [0.717, 1.165) is 25.1 Å². The van der Waals surface area contributed by atoms with Gasteiger partial charge in [-0.3, -0.25) is 0 Å². The van der Waals surface area contributed by atoms with Crippen LogP contribution in [-0.2, 0) is 6.42 Å². The van der Waals surface area contributed by atoms with Crippen molar-refractivity contribution in [2.24, 2.45) is 5.73 Å². The normalized spacial score (nSPS) is 21.3. The largest absolute Gasteiger partial charge is 0.466 e. The molecule has 1 aromatic heterocycles. The van der Waals surface area contributed by atoms with Gasteiger partial charge in [0, 0.05) is 6.42 Å². The van der Waals surface area contributed by atoms with E-state index < -0.39 is 0 Å². The highest BCUT2D eigenvalue weighted by atomic mass is 16.3. The van der Waals surface area contributed by atoms with Crippen molar-refractivity contribution in [3.05, 3.63) is 23.2 Å². The molecule has 0 saturated carbocycles. The van der Waals surface area contributed by atoms with Crippen molar-refractivity contribution in [1.82, 2.24) is 0 Å². The summed E-state index contributed by atoms with van der Waals surface area (Å²) in [5.41, 5.74) is 6.96. The zero-order valence-electron chi connectivity index (χ0n) is 7.47. The smallest absolute Gasteiger partial charge is 0.107 e. The molecule has 66 valence electrons. The van der Waals surface area contributed by atoms with Crippen LogP contribution >= 0.6 is 0 Å². The highest BCUT2D eigenvalue weighted by Crippen LogP contribution is 2.36. The fourth-order valence-electron chi connectivity index (χ4n) is 2.08. The van der Waals surface area contributed by atoms with Crippen LogP contribution in [-0.4, -0.2) is 6.54 Å². The van der Waals surface area contributed by atoms with Crippen LogP contribution < -0.4 is 5.73 Å². The minimum absolute atomic E-state index is 0.669. The molecule has 1 aliphatic carbocycles. The summed E-state index contributed by atoms with van der Waals surface area (Å²) in [6.07, 6.45) is 3.44. The maximum Gasteiger partial charge on any atom is 0.107 e. The third-order valence-electron chi connectivity index (χ3n) is 2.64. The molecule has 0 saturated heterocycles. The Morgan fingerprint density at radius 1 is 1.67 bits per heavy atom. The molecule has 0 amide bonds. The van der Waals surface area contributed by atoms with E-state index in [-0.39, 0.29) is 0 Å². The number of hydrogen-bond donors (Lipinski definition) is 1. The summed E-state index contributed by atoms with van der Waals surface area (Å²) in [4.78, 5) is 0. The lowest BCUT2D eigenvalue weighted by molar-refractivity contribution is 0.486. The van der Waals surface area contributed by atoms with Gasteiger partial charge in [0.25, 0.3) is 0 Å². The molecule has 0 radical (unpaired) electrons. The molecule has 2 nitrogen and oxygen atoms in total. The van der Waals surface area contributed by atoms with Crippen LogP contribution in [0, 0.1) is 6.92 Å². The van der Waals surface area contributed by atoms with E-state index in [2.05, 4.69) is 6.07 Å². The van der Waals surface area contributed by atoms with Crippen molar-refractivity contribution < 1.29 is 4.42 Å². The molecule has 0 bridgehead atoms. The van der Waals surface area contributed by atoms with Crippen molar-refractivity contribution in [2.45, 2.75) is 32.1 Å². The molecule has 2 heteroatoms. The van der Waals surface area contributed by atoms with Gasteiger partial charge in [0.15, 0.2) is 0 Å². The second kappa shape index (κ2) is 2.94. The first-order valence-corrected chi connectivity index (χ1v) is 4.60. The SMILES string of the molecule is Cc1cc2c(o1)CCC2CCN. The molecule has 0 aliphatic heterocycles. The van der Waals surface area contributed by atoms with Gasteiger partial charge in [0.05, 0.1) is 0 Å². The predicted octanol–water partition coefficient (Wildman–Crippen LogP) is 1.97. The second-order valence-corrected chi connectivity index (χ2v) is 3.55. The number of aryl methyl sites for hydroxylation is 2. The van der Waals surface area contributed by atoms with Crippen LogP contribution in [0.15, 0.2) is 10.5 Å². The van der Waals surface area contributed by atoms with Gasteiger partial charge in [-0.15, -0.1) is 0 Å². The lowest BCUT2D eigenvalue weighted by Crippen LogP contribution is -2.04. The Bertz CT molecular complexity index is 277. The van der Waals surface area contributed by atoms with Gasteiger partial charge in [-0.2, -0.15) is 0 Å². The van der Waals surface area contributed by atoms with Crippen LogP contribution in [0.4, 0.5) is 0 Å². The molecule has 2 N–H and O–H groups in total. The van der Waals surface area contributed by atoms with Crippen molar-refractivity contribution in [3.8, 4) is 0 Å². The van der Waals surface area contributed by atoms with Crippen molar-refractivity contribution in [1.29, 1.82) is 0 Å². The Hall–Kier alpha value is -0.760. The van der Waals surface area contributed by atoms with E-state index >= 15 is 0 Å². The third kappa shape index (κ3) is 1.16. The quantitative estimate of drug-likeness (QED) is 0.727. The van der Waals surface area contributed by atoms with Gasteiger partial charge in [-0.25, -0.2) is 0 Å². The summed E-state index contributed by atoms with van der Waals surface area (Å²) in [7, 11) is 0. The topological polar surface area (TPSA) is 39.2 Å². The molecule has 12 heavy (non-hydrogen) atoms. The van der Waals surface area contributed by atoms with E-state index in [1.165, 1.54) is 17.7 Å². The summed E-state index contributed by atoms with van der Waals surface area (Å²) < 4.78 is 5.56. The summed E-state index contributed by atoms with van der Waals surface area (Å²) in [6, 6.07) is 2.17. The minimum atomic E-state index is 0.669. The first-order valence-electron chi connectivity index (χ1n) is 4.60. The molecule has 1 atom stereocenters. The number of rotatable bonds is 2. The van der Waals surface area contributed by atoms with Crippen molar-refractivity contribution >= 4 is 0 Å². The third-order valence-corrected chi connectivity index (χ3v) is 2.64. The highest BCUT2D eigenvalue weighted by molar-refractivity contribution is 5.30. The number of hydrogen-bond acceptors (Lipinski definition) is 2. The van der Waals surface area contributed by atoms with E-state index in [9.17, 15) is 0 Å². The Kier molecular flexibility index (Phi) is 1.93. The number of fused-ring (bicyclic) bond motifs is 1. The van der Waals surface area contributed by atoms with Gasteiger partial charge in [0.2, 0.25) is 0 Å². The summed E-state index contributed by atoms with van der Waals surface area (Å²) >= 11 is 0. The molecule has 0 fully saturated rings. The second-order valence-electron chi connectivity index (χ2n) is 3.55. The Morgan fingerprint density at radius 2 is 2.50 bits per heavy atom. The van der Waals surface area contributed by atoms with Crippen LogP contribution in [0.2, 0.25) is 0 Å². The fourth-order valence-corrected chi connectivity index (χ4v) is 2.08. The molecule has 0 spiro atoms. The van der Waals surface area contributed by atoms with Crippen molar-refractivity contribution in [2.75, 3.05) is 6.54 Å². The molecule has 2 rings (SSSR count). The van der Waals surface area contributed by atoms with Crippen LogP contribution in [0.25, 0.3) is 0 Å². The Labute approximate surface area is 72.7 Å². The van der Waals surface area contributed by atoms with E-state index in [4.69, 9.17) is 10.2 Å². The Balaban J connectivity index is 2.22. The van der Waals surface area contributed by atoms with Gasteiger partial charge < -0.3 is 10.2 Å². The summed E-state index contributed by atoms with van der Waals surface area (Å²) in [5.74, 6) is 2.91. The average Bonchev–Trinajstić information content (AvgIpc) is 2.52. The summed E-state index contributed by atoms with van der Waals surface area (Å²) in [6.45, 7) is 2.80. The molecule has 0 aromatic carbocycles. The Morgan fingerprint density at radius 3 is 3.25 bits per heavy atom. The first-order chi connectivity index (χ1) is 5.81. The summed E-state index contributed by atoms with van der Waals surface area (Å²) in [5, 5.41) is 0. The van der Waals surface area contributed by atoms with Gasteiger partial charge in [0.1, 0.15) is 11.5 Å². The van der Waals surface area contributed by atoms with Gasteiger partial charge in [-0.1, -0.05) is 0 Å². The van der Waals surface area contributed by atoms with Gasteiger partial charge in [-0.05, 0) is 43.9 Å². The van der Waals surface area contributed by atoms with Crippen LogP contribution in [0.1, 0.15) is 35.8 Å². The number of furan rings is 1. The number of nitrogens with two attached hydrogens (primary N) is 1. The predicted molar refractivity (Wildman–Crippen MR) is 48.2 cm³/mol. The van der Waals surface area contributed by atoms with Crippen LogP contribution in [0.3, 0.4) is 0 Å². The molecule has 1 unspecified atom stereocenters. The molecular weight excluding hydrogens is 150 g/mol. The first kappa shape index (κ1) is 7.87. The zero-order chi connectivity index (χ0) is 8.55. The maximum absolute atomic E-state index is 5.56. The lowest BCUT2D eigenvalue weighted by atomic mass is 10.00.